The lowest BCUT2D eigenvalue weighted by atomic mass is 9.81. The van der Waals surface area contributed by atoms with E-state index in [-0.39, 0.29) is 17.8 Å². The Balaban J connectivity index is 1.40. The molecule has 0 spiro atoms. The number of nitrogens with zero attached hydrogens (tertiary/aromatic N) is 2. The second-order valence-corrected chi connectivity index (χ2v) is 9.22. The van der Waals surface area contributed by atoms with Crippen LogP contribution in [0, 0.1) is 18.7 Å². The van der Waals surface area contributed by atoms with Gasteiger partial charge in [0.05, 0.1) is 0 Å². The summed E-state index contributed by atoms with van der Waals surface area (Å²) in [5.41, 5.74) is 4.47. The molecule has 0 unspecified atom stereocenters. The maximum Gasteiger partial charge on any atom is 0.254 e. The first-order chi connectivity index (χ1) is 15.6. The zero-order chi connectivity index (χ0) is 22.1. The predicted molar refractivity (Wildman–Crippen MR) is 125 cm³/mol. The standard InChI is InChI=1S/C28H29FN2O/c1-20-7-11-22(12-8-20)25-19-31(28(32)23-5-3-2-4-6-23)27-15-16-30(18-26(25)27)17-21-9-13-24(29)14-10-21/h2-14,25-27H,15-19H2,1H3/t25-,26-,27-/m0/s1. The van der Waals surface area contributed by atoms with Crippen LogP contribution in [0.5, 0.6) is 0 Å². The van der Waals surface area contributed by atoms with E-state index >= 15 is 0 Å². The Kier molecular flexibility index (Phi) is 5.79. The first kappa shape index (κ1) is 20.9. The van der Waals surface area contributed by atoms with Gasteiger partial charge in [0.1, 0.15) is 5.82 Å². The first-order valence-electron chi connectivity index (χ1n) is 11.5. The Morgan fingerprint density at radius 2 is 1.66 bits per heavy atom. The van der Waals surface area contributed by atoms with E-state index in [4.69, 9.17) is 0 Å². The van der Waals surface area contributed by atoms with E-state index in [0.717, 1.165) is 43.7 Å². The fourth-order valence-electron chi connectivity index (χ4n) is 5.44. The second kappa shape index (κ2) is 8.87. The highest BCUT2D eigenvalue weighted by atomic mass is 19.1. The van der Waals surface area contributed by atoms with Crippen molar-refractivity contribution in [2.24, 2.45) is 5.92 Å². The predicted octanol–water partition coefficient (Wildman–Crippen LogP) is 5.26. The summed E-state index contributed by atoms with van der Waals surface area (Å²) < 4.78 is 13.3. The van der Waals surface area contributed by atoms with Crippen molar-refractivity contribution in [1.82, 2.24) is 9.80 Å². The van der Waals surface area contributed by atoms with Crippen LogP contribution in [0.1, 0.15) is 39.4 Å². The van der Waals surface area contributed by atoms with Crippen molar-refractivity contribution in [3.05, 3.63) is 107 Å². The van der Waals surface area contributed by atoms with Gasteiger partial charge in [-0.25, -0.2) is 4.39 Å². The van der Waals surface area contributed by atoms with E-state index in [1.165, 1.54) is 23.3 Å². The fraction of sp³-hybridized carbons (Fsp3) is 0.321. The smallest absolute Gasteiger partial charge is 0.254 e. The SMILES string of the molecule is Cc1ccc([C@@H]2CN(C(=O)c3ccccc3)[C@H]3CCN(Cc4ccc(F)cc4)C[C@@H]23)cc1. The molecule has 32 heavy (non-hydrogen) atoms. The maximum atomic E-state index is 13.4. The van der Waals surface area contributed by atoms with Crippen LogP contribution in [0.15, 0.2) is 78.9 Å². The van der Waals surface area contributed by atoms with E-state index in [1.807, 2.05) is 42.5 Å². The van der Waals surface area contributed by atoms with Gasteiger partial charge in [-0.05, 0) is 48.7 Å². The number of benzene rings is 3. The van der Waals surface area contributed by atoms with Crippen molar-refractivity contribution in [2.45, 2.75) is 31.8 Å². The van der Waals surface area contributed by atoms with Gasteiger partial charge < -0.3 is 4.90 Å². The number of likely N-dealkylation sites (tertiary alicyclic amines) is 2. The van der Waals surface area contributed by atoms with Crippen molar-refractivity contribution in [3.63, 3.8) is 0 Å². The van der Waals surface area contributed by atoms with Gasteiger partial charge in [0.15, 0.2) is 0 Å². The molecule has 3 nitrogen and oxygen atoms in total. The molecule has 5 rings (SSSR count). The lowest BCUT2D eigenvalue weighted by Gasteiger charge is -2.39. The van der Waals surface area contributed by atoms with E-state index in [2.05, 4.69) is 41.0 Å². The third-order valence-corrected chi connectivity index (χ3v) is 7.12. The third kappa shape index (κ3) is 4.20. The summed E-state index contributed by atoms with van der Waals surface area (Å²) in [6, 6.07) is 25.5. The minimum Gasteiger partial charge on any atom is -0.335 e. The fourth-order valence-corrected chi connectivity index (χ4v) is 5.44. The molecule has 3 aromatic rings. The molecule has 0 bridgehead atoms. The van der Waals surface area contributed by atoms with E-state index in [0.29, 0.717) is 11.8 Å². The highest BCUT2D eigenvalue weighted by Gasteiger charge is 2.47. The molecule has 1 amide bonds. The third-order valence-electron chi connectivity index (χ3n) is 7.12. The summed E-state index contributed by atoms with van der Waals surface area (Å²) in [6.45, 7) is 5.57. The van der Waals surface area contributed by atoms with Crippen molar-refractivity contribution >= 4 is 5.91 Å². The van der Waals surface area contributed by atoms with Crippen molar-refractivity contribution < 1.29 is 9.18 Å². The van der Waals surface area contributed by atoms with Crippen LogP contribution >= 0.6 is 0 Å². The van der Waals surface area contributed by atoms with Crippen LogP contribution in [0.2, 0.25) is 0 Å². The molecule has 2 aliphatic heterocycles. The monoisotopic (exact) mass is 428 g/mol. The van der Waals surface area contributed by atoms with Gasteiger partial charge in [0, 0.05) is 49.6 Å². The number of amides is 1. The molecule has 2 aliphatic rings. The molecule has 2 heterocycles. The van der Waals surface area contributed by atoms with Crippen LogP contribution in [0.4, 0.5) is 4.39 Å². The van der Waals surface area contributed by atoms with Gasteiger partial charge in [-0.1, -0.05) is 60.2 Å². The number of carbonyl (C=O) groups excluding carboxylic acids is 1. The number of carbonyl (C=O) groups is 1. The van der Waals surface area contributed by atoms with E-state index in [1.54, 1.807) is 0 Å². The van der Waals surface area contributed by atoms with Crippen LogP contribution < -0.4 is 0 Å². The molecule has 0 saturated carbocycles. The number of rotatable bonds is 4. The zero-order valence-electron chi connectivity index (χ0n) is 18.5. The molecule has 3 atom stereocenters. The molecule has 3 aromatic carbocycles. The van der Waals surface area contributed by atoms with Gasteiger partial charge in [-0.15, -0.1) is 0 Å². The molecular formula is C28H29FN2O. The zero-order valence-corrected chi connectivity index (χ0v) is 18.5. The molecule has 4 heteroatoms. The Labute approximate surface area is 189 Å². The Bertz CT molecular complexity index is 1060. The summed E-state index contributed by atoms with van der Waals surface area (Å²) in [6.07, 6.45) is 0.965. The molecule has 2 saturated heterocycles. The lowest BCUT2D eigenvalue weighted by molar-refractivity contribution is 0.0614. The van der Waals surface area contributed by atoms with Gasteiger partial charge in [0.25, 0.3) is 5.91 Å². The summed E-state index contributed by atoms with van der Waals surface area (Å²) in [4.78, 5) is 18.0. The van der Waals surface area contributed by atoms with E-state index < -0.39 is 0 Å². The van der Waals surface area contributed by atoms with Gasteiger partial charge in [0.2, 0.25) is 0 Å². The van der Waals surface area contributed by atoms with E-state index in [9.17, 15) is 9.18 Å². The maximum absolute atomic E-state index is 13.4. The van der Waals surface area contributed by atoms with Crippen LogP contribution in [0.25, 0.3) is 0 Å². The average molecular weight is 429 g/mol. The molecular weight excluding hydrogens is 399 g/mol. The Hall–Kier alpha value is -2.98. The van der Waals surface area contributed by atoms with Crippen molar-refractivity contribution in [2.75, 3.05) is 19.6 Å². The molecule has 0 N–H and O–H groups in total. The molecule has 0 radical (unpaired) electrons. The van der Waals surface area contributed by atoms with Gasteiger partial charge in [-0.3, -0.25) is 9.69 Å². The second-order valence-electron chi connectivity index (χ2n) is 9.22. The first-order valence-corrected chi connectivity index (χ1v) is 11.5. The largest absolute Gasteiger partial charge is 0.335 e. The summed E-state index contributed by atoms with van der Waals surface area (Å²) in [7, 11) is 0. The van der Waals surface area contributed by atoms with Crippen molar-refractivity contribution in [3.8, 4) is 0 Å². The topological polar surface area (TPSA) is 23.6 Å². The summed E-state index contributed by atoms with van der Waals surface area (Å²) in [5.74, 6) is 0.656. The number of hydrogen-bond acceptors (Lipinski definition) is 2. The van der Waals surface area contributed by atoms with Crippen molar-refractivity contribution in [1.29, 1.82) is 0 Å². The van der Waals surface area contributed by atoms with Crippen LogP contribution in [-0.2, 0) is 6.54 Å². The van der Waals surface area contributed by atoms with Gasteiger partial charge >= 0.3 is 0 Å². The molecule has 164 valence electrons. The summed E-state index contributed by atoms with van der Waals surface area (Å²) >= 11 is 0. The minimum atomic E-state index is -0.197. The van der Waals surface area contributed by atoms with Crippen LogP contribution in [-0.4, -0.2) is 41.4 Å². The van der Waals surface area contributed by atoms with Crippen LogP contribution in [0.3, 0.4) is 0 Å². The Morgan fingerprint density at radius 3 is 2.38 bits per heavy atom. The number of piperidine rings is 1. The lowest BCUT2D eigenvalue weighted by Crippen LogP contribution is -2.47. The molecule has 0 aliphatic carbocycles. The number of aryl methyl sites for hydroxylation is 1. The summed E-state index contributed by atoms with van der Waals surface area (Å²) in [5, 5.41) is 0. The molecule has 2 fully saturated rings. The number of halogens is 1. The average Bonchev–Trinajstić information content (AvgIpc) is 3.20. The highest BCUT2D eigenvalue weighted by molar-refractivity contribution is 5.94. The number of fused-ring (bicyclic) bond motifs is 1. The number of hydrogen-bond donors (Lipinski definition) is 0. The minimum absolute atomic E-state index is 0.141. The quantitative estimate of drug-likeness (QED) is 0.566. The molecule has 0 aromatic heterocycles. The highest BCUT2D eigenvalue weighted by Crippen LogP contribution is 2.42. The Morgan fingerprint density at radius 1 is 0.938 bits per heavy atom. The van der Waals surface area contributed by atoms with Gasteiger partial charge in [-0.2, -0.15) is 0 Å². The normalized spacial score (nSPS) is 23.2.